The van der Waals surface area contributed by atoms with Gasteiger partial charge < -0.3 is 10.2 Å². The summed E-state index contributed by atoms with van der Waals surface area (Å²) in [5, 5.41) is 0. The maximum atomic E-state index is 5.39. The minimum absolute atomic E-state index is 0.510. The second-order valence-electron chi connectivity index (χ2n) is 2.90. The van der Waals surface area contributed by atoms with Crippen molar-refractivity contribution in [2.24, 2.45) is 5.92 Å². The molecule has 0 saturated heterocycles. The highest BCUT2D eigenvalue weighted by molar-refractivity contribution is 5.25. The molecule has 0 amide bonds. The quantitative estimate of drug-likeness (QED) is 0.681. The Hall–Kier alpha value is -0.920. The minimum atomic E-state index is 0.510. The summed E-state index contributed by atoms with van der Waals surface area (Å²) in [6.45, 7) is 4.30. The first kappa shape index (κ1) is 7.19. The Balaban J connectivity index is 2.58. The molecule has 0 atom stereocenters. The van der Waals surface area contributed by atoms with Gasteiger partial charge in [0.1, 0.15) is 5.76 Å². The first-order valence-electron chi connectivity index (χ1n) is 3.52. The van der Waals surface area contributed by atoms with Crippen molar-refractivity contribution in [1.29, 1.82) is 0 Å². The van der Waals surface area contributed by atoms with Crippen molar-refractivity contribution in [3.63, 3.8) is 0 Å². The van der Waals surface area contributed by atoms with E-state index in [2.05, 4.69) is 13.8 Å². The highest BCUT2D eigenvalue weighted by Gasteiger charge is 2.00. The van der Waals surface area contributed by atoms with Gasteiger partial charge in [0.15, 0.2) is 5.88 Å². The normalized spacial score (nSPS) is 10.7. The Bertz CT molecular complexity index is 203. The van der Waals surface area contributed by atoms with Crippen LogP contribution in [0.5, 0.6) is 0 Å². The van der Waals surface area contributed by atoms with Crippen LogP contribution in [0.3, 0.4) is 0 Å². The number of hydrogen-bond donors (Lipinski definition) is 1. The number of anilines is 1. The summed E-state index contributed by atoms with van der Waals surface area (Å²) in [4.78, 5) is 0. The van der Waals surface area contributed by atoms with Crippen LogP contribution in [-0.2, 0) is 6.42 Å². The van der Waals surface area contributed by atoms with Crippen LogP contribution < -0.4 is 5.73 Å². The second kappa shape index (κ2) is 2.78. The third-order valence-corrected chi connectivity index (χ3v) is 1.29. The molecule has 1 heterocycles. The van der Waals surface area contributed by atoms with Crippen LogP contribution in [0.1, 0.15) is 19.6 Å². The van der Waals surface area contributed by atoms with Crippen LogP contribution in [0.4, 0.5) is 5.88 Å². The molecule has 0 aliphatic heterocycles. The number of hydrogen-bond acceptors (Lipinski definition) is 2. The molecule has 1 rings (SSSR count). The van der Waals surface area contributed by atoms with E-state index in [9.17, 15) is 0 Å². The molecule has 2 N–H and O–H groups in total. The molecule has 0 radical (unpaired) electrons. The van der Waals surface area contributed by atoms with E-state index in [0.29, 0.717) is 11.8 Å². The number of furan rings is 1. The highest BCUT2D eigenvalue weighted by atomic mass is 16.3. The maximum absolute atomic E-state index is 5.39. The topological polar surface area (TPSA) is 39.2 Å². The van der Waals surface area contributed by atoms with Crippen molar-refractivity contribution >= 4 is 5.88 Å². The van der Waals surface area contributed by atoms with Gasteiger partial charge in [-0.15, -0.1) is 0 Å². The number of nitrogens with two attached hydrogens (primary N) is 1. The lowest BCUT2D eigenvalue weighted by Gasteiger charge is -1.98. The molecule has 0 aliphatic carbocycles. The standard InChI is InChI=1S/C8H13NO/c1-6(2)5-7-3-4-8(9)10-7/h3-4,6H,5,9H2,1-2H3. The molecule has 0 saturated carbocycles. The zero-order chi connectivity index (χ0) is 7.56. The summed E-state index contributed by atoms with van der Waals surface area (Å²) >= 11 is 0. The molecule has 0 unspecified atom stereocenters. The average molecular weight is 139 g/mol. The van der Waals surface area contributed by atoms with Gasteiger partial charge in [-0.25, -0.2) is 0 Å². The molecule has 1 aromatic heterocycles. The van der Waals surface area contributed by atoms with E-state index in [4.69, 9.17) is 10.2 Å². The van der Waals surface area contributed by atoms with Gasteiger partial charge in [-0.3, -0.25) is 0 Å². The Labute approximate surface area is 61.0 Å². The summed E-state index contributed by atoms with van der Waals surface area (Å²) in [5.74, 6) is 2.12. The Morgan fingerprint density at radius 2 is 2.20 bits per heavy atom. The summed E-state index contributed by atoms with van der Waals surface area (Å²) in [6.07, 6.45) is 0.969. The van der Waals surface area contributed by atoms with E-state index in [1.165, 1.54) is 0 Å². The lowest BCUT2D eigenvalue weighted by molar-refractivity contribution is 0.485. The van der Waals surface area contributed by atoms with Crippen LogP contribution in [-0.4, -0.2) is 0 Å². The first-order valence-corrected chi connectivity index (χ1v) is 3.52. The van der Waals surface area contributed by atoms with E-state index in [1.807, 2.05) is 6.07 Å². The Morgan fingerprint density at radius 1 is 1.50 bits per heavy atom. The first-order chi connectivity index (χ1) is 4.68. The van der Waals surface area contributed by atoms with Gasteiger partial charge in [0.05, 0.1) is 0 Å². The molecule has 0 fully saturated rings. The van der Waals surface area contributed by atoms with E-state index >= 15 is 0 Å². The SMILES string of the molecule is CC(C)Cc1ccc(N)o1. The fourth-order valence-corrected chi connectivity index (χ4v) is 0.907. The summed E-state index contributed by atoms with van der Waals surface area (Å²) in [5.41, 5.74) is 5.39. The zero-order valence-electron chi connectivity index (χ0n) is 6.42. The second-order valence-corrected chi connectivity index (χ2v) is 2.90. The van der Waals surface area contributed by atoms with Crippen molar-refractivity contribution < 1.29 is 4.42 Å². The fraction of sp³-hybridized carbons (Fsp3) is 0.500. The van der Waals surface area contributed by atoms with Gasteiger partial charge in [0, 0.05) is 12.5 Å². The van der Waals surface area contributed by atoms with Gasteiger partial charge in [0.25, 0.3) is 0 Å². The van der Waals surface area contributed by atoms with E-state index < -0.39 is 0 Å². The van der Waals surface area contributed by atoms with Gasteiger partial charge >= 0.3 is 0 Å². The van der Waals surface area contributed by atoms with E-state index in [-0.39, 0.29) is 0 Å². The molecular weight excluding hydrogens is 126 g/mol. The molecule has 56 valence electrons. The lowest BCUT2D eigenvalue weighted by atomic mass is 10.1. The summed E-state index contributed by atoms with van der Waals surface area (Å²) in [7, 11) is 0. The van der Waals surface area contributed by atoms with Crippen molar-refractivity contribution in [3.05, 3.63) is 17.9 Å². The highest BCUT2D eigenvalue weighted by Crippen LogP contribution is 2.12. The minimum Gasteiger partial charge on any atom is -0.446 e. The Kier molecular flexibility index (Phi) is 2.00. The van der Waals surface area contributed by atoms with Gasteiger partial charge in [-0.1, -0.05) is 13.8 Å². The smallest absolute Gasteiger partial charge is 0.190 e. The predicted molar refractivity (Wildman–Crippen MR) is 41.7 cm³/mol. The van der Waals surface area contributed by atoms with Crippen molar-refractivity contribution in [2.45, 2.75) is 20.3 Å². The summed E-state index contributed by atoms with van der Waals surface area (Å²) in [6, 6.07) is 3.72. The molecule has 0 bridgehead atoms. The van der Waals surface area contributed by atoms with Crippen LogP contribution in [0.15, 0.2) is 16.5 Å². The largest absolute Gasteiger partial charge is 0.446 e. The van der Waals surface area contributed by atoms with Crippen LogP contribution >= 0.6 is 0 Å². The molecule has 0 aromatic carbocycles. The molecule has 10 heavy (non-hydrogen) atoms. The molecule has 0 aliphatic rings. The van der Waals surface area contributed by atoms with Crippen molar-refractivity contribution in [2.75, 3.05) is 5.73 Å². The Morgan fingerprint density at radius 3 is 2.60 bits per heavy atom. The maximum Gasteiger partial charge on any atom is 0.190 e. The van der Waals surface area contributed by atoms with Crippen LogP contribution in [0.25, 0.3) is 0 Å². The monoisotopic (exact) mass is 139 g/mol. The molecule has 2 heteroatoms. The van der Waals surface area contributed by atoms with Crippen molar-refractivity contribution in [1.82, 2.24) is 0 Å². The van der Waals surface area contributed by atoms with Gasteiger partial charge in [-0.05, 0) is 12.0 Å². The molecule has 2 nitrogen and oxygen atoms in total. The van der Waals surface area contributed by atoms with E-state index in [1.54, 1.807) is 6.07 Å². The predicted octanol–water partition coefficient (Wildman–Crippen LogP) is 2.06. The van der Waals surface area contributed by atoms with E-state index in [0.717, 1.165) is 12.2 Å². The summed E-state index contributed by atoms with van der Waals surface area (Å²) < 4.78 is 5.17. The fourth-order valence-electron chi connectivity index (χ4n) is 0.907. The molecular formula is C8H13NO. The lowest BCUT2D eigenvalue weighted by Crippen LogP contribution is -1.91. The number of nitrogen functional groups attached to an aromatic ring is 1. The number of rotatable bonds is 2. The average Bonchev–Trinajstić information content (AvgIpc) is 2.13. The van der Waals surface area contributed by atoms with Crippen LogP contribution in [0, 0.1) is 5.92 Å². The molecule has 1 aromatic rings. The zero-order valence-corrected chi connectivity index (χ0v) is 6.42. The van der Waals surface area contributed by atoms with Crippen molar-refractivity contribution in [3.8, 4) is 0 Å². The molecule has 0 spiro atoms. The van der Waals surface area contributed by atoms with Gasteiger partial charge in [-0.2, -0.15) is 0 Å². The third kappa shape index (κ3) is 1.79. The third-order valence-electron chi connectivity index (χ3n) is 1.29. The van der Waals surface area contributed by atoms with Crippen LogP contribution in [0.2, 0.25) is 0 Å². The van der Waals surface area contributed by atoms with Gasteiger partial charge in [0.2, 0.25) is 0 Å².